The van der Waals surface area contributed by atoms with Gasteiger partial charge in [0.2, 0.25) is 21.8 Å². The SMILES string of the molecule is CS(=O)(=O)N(CCCC(=O)NCc1ccc(CN2CCCC2=O)cc1)c1ccc2c(c1)OCCO2. The first kappa shape index (κ1) is 24.8. The quantitative estimate of drug-likeness (QED) is 0.536. The van der Waals surface area contributed by atoms with Gasteiger partial charge >= 0.3 is 0 Å². The summed E-state index contributed by atoms with van der Waals surface area (Å²) < 4.78 is 37.1. The first-order chi connectivity index (χ1) is 16.8. The molecule has 2 aliphatic rings. The van der Waals surface area contributed by atoms with E-state index >= 15 is 0 Å². The van der Waals surface area contributed by atoms with Gasteiger partial charge in [-0.25, -0.2) is 8.42 Å². The average molecular weight is 502 g/mol. The topological polar surface area (TPSA) is 105 Å². The third kappa shape index (κ3) is 6.66. The number of nitrogens with zero attached hydrogens (tertiary/aromatic N) is 2. The Balaban J connectivity index is 1.25. The van der Waals surface area contributed by atoms with Crippen LogP contribution in [0.4, 0.5) is 5.69 Å². The highest BCUT2D eigenvalue weighted by molar-refractivity contribution is 7.92. The maximum absolute atomic E-state index is 12.4. The summed E-state index contributed by atoms with van der Waals surface area (Å²) in [6.45, 7) is 2.86. The molecule has 0 atom stereocenters. The number of sulfonamides is 1. The van der Waals surface area contributed by atoms with E-state index in [-0.39, 0.29) is 24.8 Å². The van der Waals surface area contributed by atoms with Crippen LogP contribution in [0, 0.1) is 0 Å². The molecule has 2 aromatic rings. The third-order valence-corrected chi connectivity index (χ3v) is 7.23. The van der Waals surface area contributed by atoms with Crippen LogP contribution in [0.2, 0.25) is 0 Å². The van der Waals surface area contributed by atoms with Crippen LogP contribution in [0.1, 0.15) is 36.8 Å². The van der Waals surface area contributed by atoms with Crippen molar-refractivity contribution in [3.63, 3.8) is 0 Å². The molecule has 0 aliphatic carbocycles. The lowest BCUT2D eigenvalue weighted by atomic mass is 10.1. The average Bonchev–Trinajstić information content (AvgIpc) is 3.24. The van der Waals surface area contributed by atoms with E-state index in [1.165, 1.54) is 4.31 Å². The summed E-state index contributed by atoms with van der Waals surface area (Å²) in [5.74, 6) is 1.15. The van der Waals surface area contributed by atoms with Crippen molar-refractivity contribution in [1.29, 1.82) is 0 Å². The molecular formula is C25H31N3O6S. The molecule has 1 N–H and O–H groups in total. The lowest BCUT2D eigenvalue weighted by Gasteiger charge is -2.25. The molecule has 1 fully saturated rings. The molecule has 0 aromatic heterocycles. The van der Waals surface area contributed by atoms with Crippen LogP contribution < -0.4 is 19.1 Å². The highest BCUT2D eigenvalue weighted by Crippen LogP contribution is 2.34. The predicted molar refractivity (Wildman–Crippen MR) is 132 cm³/mol. The first-order valence-corrected chi connectivity index (χ1v) is 13.6. The van der Waals surface area contributed by atoms with Crippen molar-refractivity contribution in [3.05, 3.63) is 53.6 Å². The highest BCUT2D eigenvalue weighted by Gasteiger charge is 2.21. The second kappa shape index (κ2) is 11.0. The van der Waals surface area contributed by atoms with Crippen LogP contribution in [0.5, 0.6) is 11.5 Å². The zero-order valence-electron chi connectivity index (χ0n) is 19.9. The van der Waals surface area contributed by atoms with Crippen molar-refractivity contribution in [2.45, 2.75) is 38.8 Å². The fraction of sp³-hybridized carbons (Fsp3) is 0.440. The summed E-state index contributed by atoms with van der Waals surface area (Å²) in [5.41, 5.74) is 2.51. The Labute approximate surface area is 206 Å². The Morgan fingerprint density at radius 1 is 1.06 bits per heavy atom. The van der Waals surface area contributed by atoms with Gasteiger partial charge in [0.05, 0.1) is 11.9 Å². The lowest BCUT2D eigenvalue weighted by Crippen LogP contribution is -2.32. The third-order valence-electron chi connectivity index (χ3n) is 6.04. The number of anilines is 1. The normalized spacial score (nSPS) is 15.2. The minimum Gasteiger partial charge on any atom is -0.486 e. The zero-order chi connectivity index (χ0) is 24.8. The van der Waals surface area contributed by atoms with Gasteiger partial charge in [0.15, 0.2) is 11.5 Å². The van der Waals surface area contributed by atoms with Crippen molar-refractivity contribution in [2.75, 3.05) is 36.9 Å². The first-order valence-electron chi connectivity index (χ1n) is 11.8. The molecule has 10 heteroatoms. The Hall–Kier alpha value is -3.27. The summed E-state index contributed by atoms with van der Waals surface area (Å²) >= 11 is 0. The maximum atomic E-state index is 12.4. The number of amides is 2. The zero-order valence-corrected chi connectivity index (χ0v) is 20.7. The van der Waals surface area contributed by atoms with Crippen molar-refractivity contribution in [1.82, 2.24) is 10.2 Å². The van der Waals surface area contributed by atoms with Crippen LogP contribution in [-0.4, -0.2) is 57.7 Å². The van der Waals surface area contributed by atoms with E-state index in [1.54, 1.807) is 18.2 Å². The second-order valence-corrected chi connectivity index (χ2v) is 10.7. The smallest absolute Gasteiger partial charge is 0.232 e. The van der Waals surface area contributed by atoms with E-state index in [4.69, 9.17) is 9.47 Å². The van der Waals surface area contributed by atoms with Gasteiger partial charge in [0.25, 0.3) is 0 Å². The molecule has 2 heterocycles. The molecule has 1 saturated heterocycles. The van der Waals surface area contributed by atoms with E-state index in [9.17, 15) is 18.0 Å². The molecule has 2 aliphatic heterocycles. The van der Waals surface area contributed by atoms with E-state index in [1.807, 2.05) is 29.2 Å². The monoisotopic (exact) mass is 501 g/mol. The molecule has 188 valence electrons. The summed E-state index contributed by atoms with van der Waals surface area (Å²) in [4.78, 5) is 26.0. The van der Waals surface area contributed by atoms with E-state index in [2.05, 4.69) is 5.32 Å². The Kier molecular flexibility index (Phi) is 7.80. The van der Waals surface area contributed by atoms with Crippen LogP contribution >= 0.6 is 0 Å². The van der Waals surface area contributed by atoms with Crippen LogP contribution in [-0.2, 0) is 32.7 Å². The predicted octanol–water partition coefficient (Wildman–Crippen LogP) is 2.44. The molecule has 35 heavy (non-hydrogen) atoms. The van der Waals surface area contributed by atoms with Crippen molar-refractivity contribution < 1.29 is 27.5 Å². The van der Waals surface area contributed by atoms with Gasteiger partial charge in [0, 0.05) is 45.1 Å². The number of likely N-dealkylation sites (tertiary alicyclic amines) is 1. The maximum Gasteiger partial charge on any atom is 0.232 e. The molecule has 0 radical (unpaired) electrons. The van der Waals surface area contributed by atoms with Gasteiger partial charge in [0.1, 0.15) is 13.2 Å². The van der Waals surface area contributed by atoms with Crippen molar-refractivity contribution in [2.24, 2.45) is 0 Å². The van der Waals surface area contributed by atoms with Crippen LogP contribution in [0.3, 0.4) is 0 Å². The van der Waals surface area contributed by atoms with Gasteiger partial charge in [-0.2, -0.15) is 0 Å². The molecule has 0 spiro atoms. The van der Waals surface area contributed by atoms with Gasteiger partial charge in [-0.3, -0.25) is 13.9 Å². The van der Waals surface area contributed by atoms with Gasteiger partial charge in [-0.15, -0.1) is 0 Å². The Morgan fingerprint density at radius 2 is 1.77 bits per heavy atom. The van der Waals surface area contributed by atoms with E-state index in [0.717, 1.165) is 30.3 Å². The summed E-state index contributed by atoms with van der Waals surface area (Å²) in [6.07, 6.45) is 3.26. The summed E-state index contributed by atoms with van der Waals surface area (Å²) in [5, 5.41) is 2.88. The number of rotatable bonds is 10. The van der Waals surface area contributed by atoms with E-state index < -0.39 is 10.0 Å². The fourth-order valence-electron chi connectivity index (χ4n) is 4.20. The van der Waals surface area contributed by atoms with E-state index in [0.29, 0.717) is 56.3 Å². The Morgan fingerprint density at radius 3 is 2.46 bits per heavy atom. The van der Waals surface area contributed by atoms with Crippen molar-refractivity contribution in [3.8, 4) is 11.5 Å². The molecular weight excluding hydrogens is 470 g/mol. The van der Waals surface area contributed by atoms with Crippen LogP contribution in [0.15, 0.2) is 42.5 Å². The number of ether oxygens (including phenoxy) is 2. The van der Waals surface area contributed by atoms with Crippen LogP contribution in [0.25, 0.3) is 0 Å². The standard InChI is InChI=1S/C25H31N3O6S/c1-35(31,32)28(21-10-11-22-23(16-21)34-15-14-33-22)13-2-4-24(29)26-17-19-6-8-20(9-7-19)18-27-12-3-5-25(27)30/h6-11,16H,2-5,12-15,17-18H2,1H3,(H,26,29). The highest BCUT2D eigenvalue weighted by atomic mass is 32.2. The molecule has 9 nitrogen and oxygen atoms in total. The summed E-state index contributed by atoms with van der Waals surface area (Å²) in [6, 6.07) is 12.9. The molecule has 0 saturated carbocycles. The molecule has 2 aromatic carbocycles. The molecule has 2 amide bonds. The van der Waals surface area contributed by atoms with Gasteiger partial charge in [-0.05, 0) is 36.1 Å². The van der Waals surface area contributed by atoms with Gasteiger partial charge < -0.3 is 19.7 Å². The number of hydrogen-bond donors (Lipinski definition) is 1. The number of hydrogen-bond acceptors (Lipinski definition) is 6. The number of benzene rings is 2. The van der Waals surface area contributed by atoms with Gasteiger partial charge in [-0.1, -0.05) is 24.3 Å². The number of carbonyl (C=O) groups is 2. The van der Waals surface area contributed by atoms with Crippen molar-refractivity contribution >= 4 is 27.5 Å². The lowest BCUT2D eigenvalue weighted by molar-refractivity contribution is -0.128. The second-order valence-electron chi connectivity index (χ2n) is 8.78. The largest absolute Gasteiger partial charge is 0.486 e. The molecule has 0 unspecified atom stereocenters. The number of fused-ring (bicyclic) bond motifs is 1. The molecule has 0 bridgehead atoms. The number of nitrogens with one attached hydrogen (secondary N) is 1. The molecule has 4 rings (SSSR count). The fourth-order valence-corrected chi connectivity index (χ4v) is 5.16. The minimum atomic E-state index is -3.53. The Bertz CT molecular complexity index is 1170. The number of carbonyl (C=O) groups excluding carboxylic acids is 2. The minimum absolute atomic E-state index is 0.146. The summed E-state index contributed by atoms with van der Waals surface area (Å²) in [7, 11) is -3.53.